The van der Waals surface area contributed by atoms with Gasteiger partial charge in [0.2, 0.25) is 0 Å². The Labute approximate surface area is 96.0 Å². The Morgan fingerprint density at radius 2 is 1.94 bits per heavy atom. The molecule has 1 aliphatic heterocycles. The normalized spacial score (nSPS) is 16.9. The van der Waals surface area contributed by atoms with Crippen molar-refractivity contribution in [2.75, 3.05) is 26.2 Å². The summed E-state index contributed by atoms with van der Waals surface area (Å²) in [5.41, 5.74) is 2.15. The van der Waals surface area contributed by atoms with Crippen molar-refractivity contribution < 1.29 is 0 Å². The molecule has 0 bridgehead atoms. The van der Waals surface area contributed by atoms with Crippen LogP contribution in [-0.2, 0) is 0 Å². The average Bonchev–Trinajstić information content (AvgIpc) is 2.38. The summed E-state index contributed by atoms with van der Waals surface area (Å²) in [4.78, 5) is 2.26. The Morgan fingerprint density at radius 1 is 1.25 bits per heavy atom. The molecule has 0 aromatic heterocycles. The zero-order valence-corrected chi connectivity index (χ0v) is 9.19. The molecule has 1 fully saturated rings. The summed E-state index contributed by atoms with van der Waals surface area (Å²) in [6.45, 7) is 3.88. The van der Waals surface area contributed by atoms with Crippen LogP contribution in [0.4, 0.5) is 0 Å². The molecule has 1 heterocycles. The first-order chi connectivity index (χ1) is 7.92. The fraction of sp³-hybridized carbons (Fsp3) is 0.308. The van der Waals surface area contributed by atoms with E-state index in [-0.39, 0.29) is 0 Å². The lowest BCUT2D eigenvalue weighted by Gasteiger charge is -2.31. The molecule has 2 rings (SSSR count). The van der Waals surface area contributed by atoms with Gasteiger partial charge in [0.25, 0.3) is 0 Å². The Morgan fingerprint density at radius 3 is 2.56 bits per heavy atom. The minimum atomic E-state index is 0.961. The second-order valence-corrected chi connectivity index (χ2v) is 3.76. The maximum absolute atomic E-state index is 8.86. The molecule has 1 aliphatic rings. The predicted octanol–water partition coefficient (Wildman–Crippen LogP) is 1.46. The Kier molecular flexibility index (Phi) is 3.58. The zero-order chi connectivity index (χ0) is 11.2. The van der Waals surface area contributed by atoms with E-state index in [1.54, 1.807) is 6.08 Å². The second-order valence-electron chi connectivity index (χ2n) is 3.76. The number of hydrogen-bond acceptors (Lipinski definition) is 3. The third-order valence-electron chi connectivity index (χ3n) is 2.73. The molecule has 1 aromatic rings. The molecule has 1 N–H and O–H groups in total. The molecule has 82 valence electrons. The molecule has 16 heavy (non-hydrogen) atoms. The lowest BCUT2D eigenvalue weighted by molar-refractivity contribution is 0.341. The molecule has 0 radical (unpaired) electrons. The fourth-order valence-corrected chi connectivity index (χ4v) is 1.93. The number of nitrogens with zero attached hydrogens (tertiary/aromatic N) is 2. The van der Waals surface area contributed by atoms with Crippen molar-refractivity contribution in [2.45, 2.75) is 0 Å². The highest BCUT2D eigenvalue weighted by molar-refractivity contribution is 5.66. The maximum atomic E-state index is 8.86. The summed E-state index contributed by atoms with van der Waals surface area (Å²) in [6.07, 6.45) is 1.64. The van der Waals surface area contributed by atoms with Crippen LogP contribution in [0.3, 0.4) is 0 Å². The average molecular weight is 213 g/mol. The van der Waals surface area contributed by atoms with Gasteiger partial charge in [-0.15, -0.1) is 0 Å². The molecule has 0 spiro atoms. The number of nitrogens with one attached hydrogen (secondary N) is 1. The summed E-state index contributed by atoms with van der Waals surface area (Å²) < 4.78 is 0. The number of allylic oxidation sites excluding steroid dienone is 1. The number of benzene rings is 1. The van der Waals surface area contributed by atoms with Crippen molar-refractivity contribution in [1.82, 2.24) is 10.2 Å². The van der Waals surface area contributed by atoms with Crippen LogP contribution in [0.5, 0.6) is 0 Å². The van der Waals surface area contributed by atoms with Gasteiger partial charge in [-0.2, -0.15) is 5.26 Å². The second kappa shape index (κ2) is 5.34. The molecule has 0 atom stereocenters. The van der Waals surface area contributed by atoms with E-state index < -0.39 is 0 Å². The van der Waals surface area contributed by atoms with E-state index in [4.69, 9.17) is 5.26 Å². The first-order valence-electron chi connectivity index (χ1n) is 5.52. The van der Waals surface area contributed by atoms with Gasteiger partial charge in [0.15, 0.2) is 0 Å². The van der Waals surface area contributed by atoms with Gasteiger partial charge >= 0.3 is 0 Å². The molecule has 0 saturated carbocycles. The van der Waals surface area contributed by atoms with Crippen molar-refractivity contribution in [2.24, 2.45) is 0 Å². The Bertz CT molecular complexity index is 397. The van der Waals surface area contributed by atoms with E-state index in [0.29, 0.717) is 0 Å². The minimum Gasteiger partial charge on any atom is -0.368 e. The highest BCUT2D eigenvalue weighted by Crippen LogP contribution is 2.18. The number of hydrogen-bond donors (Lipinski definition) is 1. The van der Waals surface area contributed by atoms with Crippen LogP contribution in [0.15, 0.2) is 36.4 Å². The van der Waals surface area contributed by atoms with Gasteiger partial charge in [0, 0.05) is 32.3 Å². The molecule has 0 aliphatic carbocycles. The third kappa shape index (κ3) is 2.41. The van der Waals surface area contributed by atoms with Crippen LogP contribution in [-0.4, -0.2) is 31.1 Å². The standard InChI is InChI=1S/C13H15N3/c14-7-6-13(12-4-2-1-3-5-12)16-10-8-15-9-11-16/h1-6,15H,8-11H2/b13-6-. The maximum Gasteiger partial charge on any atom is 0.0934 e. The van der Waals surface area contributed by atoms with Gasteiger partial charge in [0.1, 0.15) is 0 Å². The molecule has 1 saturated heterocycles. The predicted molar refractivity (Wildman–Crippen MR) is 64.5 cm³/mol. The summed E-state index contributed by atoms with van der Waals surface area (Å²) in [6, 6.07) is 12.2. The van der Waals surface area contributed by atoms with E-state index in [1.165, 1.54) is 0 Å². The molecule has 3 heteroatoms. The van der Waals surface area contributed by atoms with Crippen molar-refractivity contribution in [1.29, 1.82) is 5.26 Å². The highest BCUT2D eigenvalue weighted by atomic mass is 15.2. The summed E-state index contributed by atoms with van der Waals surface area (Å²) >= 11 is 0. The van der Waals surface area contributed by atoms with E-state index in [0.717, 1.165) is 37.4 Å². The summed E-state index contributed by atoms with van der Waals surface area (Å²) in [7, 11) is 0. The monoisotopic (exact) mass is 213 g/mol. The molecule has 0 amide bonds. The van der Waals surface area contributed by atoms with E-state index in [1.807, 2.05) is 30.3 Å². The van der Waals surface area contributed by atoms with Crippen molar-refractivity contribution in [3.05, 3.63) is 42.0 Å². The lowest BCUT2D eigenvalue weighted by atomic mass is 10.1. The van der Waals surface area contributed by atoms with Crippen LogP contribution in [0.1, 0.15) is 5.56 Å². The van der Waals surface area contributed by atoms with Gasteiger partial charge < -0.3 is 10.2 Å². The van der Waals surface area contributed by atoms with Crippen LogP contribution < -0.4 is 5.32 Å². The molecular formula is C13H15N3. The fourth-order valence-electron chi connectivity index (χ4n) is 1.93. The molecular weight excluding hydrogens is 198 g/mol. The first kappa shape index (κ1) is 10.7. The SMILES string of the molecule is N#C/C=C(/c1ccccc1)N1CCNCC1. The molecule has 3 nitrogen and oxygen atoms in total. The van der Waals surface area contributed by atoms with Crippen LogP contribution >= 0.6 is 0 Å². The number of nitriles is 1. The van der Waals surface area contributed by atoms with E-state index in [9.17, 15) is 0 Å². The van der Waals surface area contributed by atoms with Gasteiger partial charge in [0.05, 0.1) is 11.8 Å². The first-order valence-corrected chi connectivity index (χ1v) is 5.52. The topological polar surface area (TPSA) is 39.1 Å². The molecule has 0 unspecified atom stereocenters. The summed E-state index contributed by atoms with van der Waals surface area (Å²) in [5, 5.41) is 12.2. The lowest BCUT2D eigenvalue weighted by Crippen LogP contribution is -2.42. The summed E-state index contributed by atoms with van der Waals surface area (Å²) in [5.74, 6) is 0. The van der Waals surface area contributed by atoms with Gasteiger partial charge in [-0.05, 0) is 5.56 Å². The Hall–Kier alpha value is -1.79. The van der Waals surface area contributed by atoms with Crippen molar-refractivity contribution in [3.8, 4) is 6.07 Å². The van der Waals surface area contributed by atoms with Crippen LogP contribution in [0.25, 0.3) is 5.70 Å². The smallest absolute Gasteiger partial charge is 0.0934 e. The van der Waals surface area contributed by atoms with E-state index >= 15 is 0 Å². The van der Waals surface area contributed by atoms with Crippen molar-refractivity contribution >= 4 is 5.70 Å². The van der Waals surface area contributed by atoms with Gasteiger partial charge in [-0.3, -0.25) is 0 Å². The van der Waals surface area contributed by atoms with Gasteiger partial charge in [-0.25, -0.2) is 0 Å². The number of rotatable bonds is 2. The largest absolute Gasteiger partial charge is 0.368 e. The third-order valence-corrected chi connectivity index (χ3v) is 2.73. The van der Waals surface area contributed by atoms with Crippen LogP contribution in [0.2, 0.25) is 0 Å². The highest BCUT2D eigenvalue weighted by Gasteiger charge is 2.13. The van der Waals surface area contributed by atoms with E-state index in [2.05, 4.69) is 16.3 Å². The Balaban J connectivity index is 2.24. The van der Waals surface area contributed by atoms with Gasteiger partial charge in [-0.1, -0.05) is 30.3 Å². The minimum absolute atomic E-state index is 0.961. The number of piperazine rings is 1. The van der Waals surface area contributed by atoms with Crippen molar-refractivity contribution in [3.63, 3.8) is 0 Å². The molecule has 1 aromatic carbocycles. The van der Waals surface area contributed by atoms with Crippen LogP contribution in [0, 0.1) is 11.3 Å². The zero-order valence-electron chi connectivity index (χ0n) is 9.19. The quantitative estimate of drug-likeness (QED) is 0.756.